The quantitative estimate of drug-likeness (QED) is 0.856. The molecule has 0 spiro atoms. The van der Waals surface area contributed by atoms with Crippen LogP contribution in [0.3, 0.4) is 0 Å². The lowest BCUT2D eigenvalue weighted by atomic mass is 9.84. The second-order valence-electron chi connectivity index (χ2n) is 6.24. The van der Waals surface area contributed by atoms with E-state index in [1.54, 1.807) is 0 Å². The van der Waals surface area contributed by atoms with Crippen molar-refractivity contribution in [3.8, 4) is 0 Å². The van der Waals surface area contributed by atoms with Crippen LogP contribution in [-0.2, 0) is 11.2 Å². The van der Waals surface area contributed by atoms with E-state index in [1.165, 1.54) is 5.56 Å². The molecule has 0 aliphatic rings. The fourth-order valence-electron chi connectivity index (χ4n) is 2.09. The maximum Gasteiger partial charge on any atom is 0.228 e. The number of aryl methyl sites for hydroxylation is 1. The third kappa shape index (κ3) is 5.43. The van der Waals surface area contributed by atoms with Crippen LogP contribution in [0.4, 0.5) is 5.69 Å². The second kappa shape index (κ2) is 6.71. The van der Waals surface area contributed by atoms with Gasteiger partial charge < -0.3 is 11.1 Å². The van der Waals surface area contributed by atoms with E-state index >= 15 is 0 Å². The Balaban J connectivity index is 2.65. The smallest absolute Gasteiger partial charge is 0.228 e. The SMILES string of the molecule is CCc1ccc(NC(=O)C(CN)CC(C)(C)C)cc1. The molecule has 1 atom stereocenters. The molecular weight excluding hydrogens is 236 g/mol. The van der Waals surface area contributed by atoms with Crippen molar-refractivity contribution in [3.05, 3.63) is 29.8 Å². The maximum atomic E-state index is 12.2. The van der Waals surface area contributed by atoms with Crippen LogP contribution in [0.25, 0.3) is 0 Å². The third-order valence-electron chi connectivity index (χ3n) is 3.14. The van der Waals surface area contributed by atoms with Crippen LogP contribution in [0.5, 0.6) is 0 Å². The third-order valence-corrected chi connectivity index (χ3v) is 3.14. The topological polar surface area (TPSA) is 55.1 Å². The van der Waals surface area contributed by atoms with Crippen molar-refractivity contribution >= 4 is 11.6 Å². The van der Waals surface area contributed by atoms with Crippen LogP contribution in [0.2, 0.25) is 0 Å². The zero-order valence-corrected chi connectivity index (χ0v) is 12.5. The summed E-state index contributed by atoms with van der Waals surface area (Å²) in [4.78, 5) is 12.2. The fraction of sp³-hybridized carbons (Fsp3) is 0.562. The van der Waals surface area contributed by atoms with Gasteiger partial charge >= 0.3 is 0 Å². The summed E-state index contributed by atoms with van der Waals surface area (Å²) in [7, 11) is 0. The molecule has 3 heteroatoms. The highest BCUT2D eigenvalue weighted by Gasteiger charge is 2.23. The van der Waals surface area contributed by atoms with Gasteiger partial charge in [-0.2, -0.15) is 0 Å². The molecule has 1 amide bonds. The molecule has 0 saturated heterocycles. The predicted molar refractivity (Wildman–Crippen MR) is 81.1 cm³/mol. The predicted octanol–water partition coefficient (Wildman–Crippen LogP) is 3.20. The molecule has 0 fully saturated rings. The van der Waals surface area contributed by atoms with Crippen molar-refractivity contribution in [2.45, 2.75) is 40.5 Å². The van der Waals surface area contributed by atoms with Gasteiger partial charge in [-0.3, -0.25) is 4.79 Å². The summed E-state index contributed by atoms with van der Waals surface area (Å²) in [6.07, 6.45) is 1.80. The second-order valence-corrected chi connectivity index (χ2v) is 6.24. The van der Waals surface area contributed by atoms with Crippen molar-refractivity contribution in [3.63, 3.8) is 0 Å². The molecule has 106 valence electrons. The Labute approximate surface area is 116 Å². The first-order valence-electron chi connectivity index (χ1n) is 6.95. The highest BCUT2D eigenvalue weighted by molar-refractivity contribution is 5.92. The van der Waals surface area contributed by atoms with Gasteiger partial charge in [0, 0.05) is 12.2 Å². The number of rotatable bonds is 5. The van der Waals surface area contributed by atoms with Gasteiger partial charge in [0.2, 0.25) is 5.91 Å². The molecule has 3 nitrogen and oxygen atoms in total. The number of hydrogen-bond acceptors (Lipinski definition) is 2. The van der Waals surface area contributed by atoms with Crippen LogP contribution >= 0.6 is 0 Å². The van der Waals surface area contributed by atoms with Crippen LogP contribution in [0.15, 0.2) is 24.3 Å². The van der Waals surface area contributed by atoms with E-state index in [2.05, 4.69) is 33.0 Å². The van der Waals surface area contributed by atoms with Crippen molar-refractivity contribution in [2.24, 2.45) is 17.1 Å². The minimum absolute atomic E-state index is 0.0154. The first-order valence-corrected chi connectivity index (χ1v) is 6.95. The number of nitrogens with two attached hydrogens (primary N) is 1. The molecule has 1 rings (SSSR count). The van der Waals surface area contributed by atoms with E-state index in [-0.39, 0.29) is 17.2 Å². The molecule has 1 unspecified atom stereocenters. The summed E-state index contributed by atoms with van der Waals surface area (Å²) in [6.45, 7) is 8.87. The normalized spacial score (nSPS) is 13.1. The minimum atomic E-state index is -0.133. The molecule has 0 aromatic heterocycles. The van der Waals surface area contributed by atoms with Gasteiger partial charge in [0.25, 0.3) is 0 Å². The largest absolute Gasteiger partial charge is 0.330 e. The minimum Gasteiger partial charge on any atom is -0.330 e. The van der Waals surface area contributed by atoms with Gasteiger partial charge in [-0.15, -0.1) is 0 Å². The first kappa shape index (κ1) is 15.7. The number of carbonyl (C=O) groups excluding carboxylic acids is 1. The number of hydrogen-bond donors (Lipinski definition) is 2. The molecule has 1 aromatic carbocycles. The van der Waals surface area contributed by atoms with Gasteiger partial charge in [0.15, 0.2) is 0 Å². The van der Waals surface area contributed by atoms with Crippen LogP contribution < -0.4 is 11.1 Å². The van der Waals surface area contributed by atoms with Gasteiger partial charge in [-0.25, -0.2) is 0 Å². The number of anilines is 1. The van der Waals surface area contributed by atoms with E-state index in [4.69, 9.17) is 5.73 Å². The molecule has 0 saturated carbocycles. The Morgan fingerprint density at radius 1 is 1.26 bits per heavy atom. The van der Waals surface area contributed by atoms with Crippen molar-refractivity contribution in [1.82, 2.24) is 0 Å². The monoisotopic (exact) mass is 262 g/mol. The number of benzene rings is 1. The lowest BCUT2D eigenvalue weighted by Crippen LogP contribution is -2.32. The fourth-order valence-corrected chi connectivity index (χ4v) is 2.09. The van der Waals surface area contributed by atoms with Crippen LogP contribution in [0.1, 0.15) is 39.7 Å². The molecule has 19 heavy (non-hydrogen) atoms. The highest BCUT2D eigenvalue weighted by Crippen LogP contribution is 2.24. The Morgan fingerprint density at radius 2 is 1.84 bits per heavy atom. The van der Waals surface area contributed by atoms with Crippen LogP contribution in [-0.4, -0.2) is 12.5 Å². The standard InChI is InChI=1S/C16H26N2O/c1-5-12-6-8-14(9-7-12)18-15(19)13(11-17)10-16(2,3)4/h6-9,13H,5,10-11,17H2,1-4H3,(H,18,19). The molecular formula is C16H26N2O. The van der Waals surface area contributed by atoms with E-state index in [0.29, 0.717) is 6.54 Å². The van der Waals surface area contributed by atoms with Crippen LogP contribution in [0, 0.1) is 11.3 Å². The summed E-state index contributed by atoms with van der Waals surface area (Å²) in [5.41, 5.74) is 7.93. The number of carbonyl (C=O) groups is 1. The number of amides is 1. The van der Waals surface area contributed by atoms with Gasteiger partial charge in [-0.05, 0) is 36.0 Å². The average molecular weight is 262 g/mol. The van der Waals surface area contributed by atoms with E-state index in [9.17, 15) is 4.79 Å². The van der Waals surface area contributed by atoms with Gasteiger partial charge in [0.1, 0.15) is 0 Å². The summed E-state index contributed by atoms with van der Waals surface area (Å²) >= 11 is 0. The number of nitrogens with one attached hydrogen (secondary N) is 1. The molecule has 0 aliphatic carbocycles. The van der Waals surface area contributed by atoms with E-state index in [0.717, 1.165) is 18.5 Å². The molecule has 0 radical (unpaired) electrons. The maximum absolute atomic E-state index is 12.2. The summed E-state index contributed by atoms with van der Waals surface area (Å²) in [5, 5.41) is 2.95. The first-order chi connectivity index (χ1) is 8.85. The molecule has 3 N–H and O–H groups in total. The molecule has 0 heterocycles. The molecule has 0 aliphatic heterocycles. The summed E-state index contributed by atoms with van der Waals surface area (Å²) in [6, 6.07) is 7.97. The van der Waals surface area contributed by atoms with Gasteiger partial charge in [-0.1, -0.05) is 39.8 Å². The Morgan fingerprint density at radius 3 is 2.26 bits per heavy atom. The van der Waals surface area contributed by atoms with E-state index in [1.807, 2.05) is 24.3 Å². The highest BCUT2D eigenvalue weighted by atomic mass is 16.1. The van der Waals surface area contributed by atoms with E-state index < -0.39 is 0 Å². The zero-order chi connectivity index (χ0) is 14.5. The summed E-state index contributed by atoms with van der Waals surface area (Å²) in [5.74, 6) is -0.118. The molecule has 0 bridgehead atoms. The Hall–Kier alpha value is -1.35. The van der Waals surface area contributed by atoms with Crippen molar-refractivity contribution in [2.75, 3.05) is 11.9 Å². The Kier molecular flexibility index (Phi) is 5.55. The lowest BCUT2D eigenvalue weighted by Gasteiger charge is -2.24. The lowest BCUT2D eigenvalue weighted by molar-refractivity contribution is -0.120. The van der Waals surface area contributed by atoms with Crippen molar-refractivity contribution < 1.29 is 4.79 Å². The Bertz CT molecular complexity index is 404. The average Bonchev–Trinajstić information content (AvgIpc) is 2.35. The molecule has 1 aromatic rings. The summed E-state index contributed by atoms with van der Waals surface area (Å²) < 4.78 is 0. The van der Waals surface area contributed by atoms with Crippen molar-refractivity contribution in [1.29, 1.82) is 0 Å². The zero-order valence-electron chi connectivity index (χ0n) is 12.5. The van der Waals surface area contributed by atoms with Gasteiger partial charge in [0.05, 0.1) is 5.92 Å².